The average molecular weight is 1120 g/mol. The molecule has 6 aromatic carbocycles. The van der Waals surface area contributed by atoms with Gasteiger partial charge in [0, 0.05) is 43.6 Å². The minimum atomic E-state index is -1.94. The number of pyridine rings is 1. The number of para-hydroxylation sites is 2. The third kappa shape index (κ3) is 9.60. The number of halogens is 2. The number of fused-ring (bicyclic) bond motifs is 4. The predicted molar refractivity (Wildman–Crippen MR) is 265 cm³/mol. The molecule has 331 valence electrons. The Kier molecular flexibility index (Phi) is 13.7. The number of hydrogen-bond donors (Lipinski definition) is 0. The maximum absolute atomic E-state index is 14.8. The van der Waals surface area contributed by atoms with E-state index in [2.05, 4.69) is 135 Å². The molecule has 3 aromatic heterocycles. The van der Waals surface area contributed by atoms with E-state index in [1.807, 2.05) is 48.7 Å². The van der Waals surface area contributed by atoms with Crippen LogP contribution >= 0.6 is 0 Å². The van der Waals surface area contributed by atoms with Crippen molar-refractivity contribution in [2.75, 3.05) is 0 Å². The van der Waals surface area contributed by atoms with Gasteiger partial charge in [0.15, 0.2) is 0 Å². The number of nitriles is 1. The molecule has 65 heavy (non-hydrogen) atoms. The summed E-state index contributed by atoms with van der Waals surface area (Å²) in [6.07, 6.45) is 1.93. The Hall–Kier alpha value is -5.50. The predicted octanol–water partition coefficient (Wildman–Crippen LogP) is 14.1. The van der Waals surface area contributed by atoms with E-state index in [1.165, 1.54) is 56.1 Å². The smallest absolute Gasteiger partial charge is 0.0795 e. The molecule has 0 bridgehead atoms. The fraction of sp³-hybridized carbons (Fsp3) is 0.218. The van der Waals surface area contributed by atoms with Crippen LogP contribution in [0.5, 0.6) is 0 Å². The van der Waals surface area contributed by atoms with E-state index in [0.29, 0.717) is 27.9 Å². The molecule has 0 saturated heterocycles. The summed E-state index contributed by atoms with van der Waals surface area (Å²) < 4.78 is 37.7. The van der Waals surface area contributed by atoms with E-state index < -0.39 is 27.2 Å². The number of hydrogen-bond acceptors (Lipinski definition) is 4. The first-order chi connectivity index (χ1) is 30.4. The zero-order valence-corrected chi connectivity index (χ0v) is 44.0. The Labute approximate surface area is 398 Å². The summed E-state index contributed by atoms with van der Waals surface area (Å²) >= 11 is -1.94. The van der Waals surface area contributed by atoms with Crippen molar-refractivity contribution in [1.29, 1.82) is 5.26 Å². The van der Waals surface area contributed by atoms with E-state index in [0.717, 1.165) is 33.4 Å². The van der Waals surface area contributed by atoms with Gasteiger partial charge in [-0.15, -0.1) is 42.0 Å². The van der Waals surface area contributed by atoms with Crippen LogP contribution in [-0.4, -0.2) is 35.9 Å². The van der Waals surface area contributed by atoms with Crippen LogP contribution in [0.3, 0.4) is 0 Å². The largest absolute Gasteiger partial charge is 0.305 e. The van der Waals surface area contributed by atoms with Crippen LogP contribution in [0.15, 0.2) is 126 Å². The summed E-state index contributed by atoms with van der Waals surface area (Å²) in [6.45, 7) is 15.8. The number of aromatic nitrogens is 3. The normalized spacial score (nSPS) is 11.8. The van der Waals surface area contributed by atoms with Gasteiger partial charge in [0.25, 0.3) is 0 Å². The van der Waals surface area contributed by atoms with E-state index >= 15 is 0 Å². The van der Waals surface area contributed by atoms with Crippen LogP contribution in [0.1, 0.15) is 56.2 Å². The standard InChI is InChI=1S/C41H37FGeN3O.C14H15FNSi.Ir/c1-24(2)32-19-27(26-15-17-29(18-16-26)43(5,6)7)20-33(25(3)4)39(32)46-37-14-9-8-13-36(37)45-41(46)31-12-10-11-30-34-22-35(42)28(23-44)21-38(34)47-40(30)31;1-17(2,3)13-8-9-14(16-10-13)11-4-6-12(15)7-5-11;/h8-11,13-22,24-25H,1-7H3;4,6-10H,1-3H3;/q2*-1;. The minimum Gasteiger partial charge on any atom is -0.305 e. The molecule has 0 fully saturated rings. The third-order valence-corrected chi connectivity index (χ3v) is 18.2. The average Bonchev–Trinajstić information content (AvgIpc) is 3.83. The molecular formula is C55H52F2GeIrN4OSi-2. The Morgan fingerprint density at radius 1 is 0.785 bits per heavy atom. The van der Waals surface area contributed by atoms with Gasteiger partial charge in [0.1, 0.15) is 17.5 Å². The van der Waals surface area contributed by atoms with Crippen LogP contribution in [-0.2, 0) is 20.1 Å². The Morgan fingerprint density at radius 3 is 2.06 bits per heavy atom. The van der Waals surface area contributed by atoms with Crippen molar-refractivity contribution in [3.05, 3.63) is 162 Å². The Morgan fingerprint density at radius 2 is 1.48 bits per heavy atom. The second kappa shape index (κ2) is 18.8. The van der Waals surface area contributed by atoms with Crippen molar-refractivity contribution >= 4 is 63.9 Å². The molecule has 5 nitrogen and oxygen atoms in total. The zero-order valence-electron chi connectivity index (χ0n) is 38.5. The van der Waals surface area contributed by atoms with Crippen molar-refractivity contribution in [1.82, 2.24) is 14.5 Å². The fourth-order valence-electron chi connectivity index (χ4n) is 8.14. The first kappa shape index (κ1) is 47.5. The molecule has 0 aliphatic rings. The summed E-state index contributed by atoms with van der Waals surface area (Å²) in [4.78, 5) is 9.62. The van der Waals surface area contributed by atoms with Gasteiger partial charge in [-0.2, -0.15) is 5.26 Å². The van der Waals surface area contributed by atoms with E-state index in [9.17, 15) is 14.0 Å². The van der Waals surface area contributed by atoms with Crippen molar-refractivity contribution in [3.63, 3.8) is 0 Å². The minimum absolute atomic E-state index is 0. The van der Waals surface area contributed by atoms with Crippen LogP contribution in [0.2, 0.25) is 36.9 Å². The van der Waals surface area contributed by atoms with E-state index in [-0.39, 0.29) is 43.3 Å². The van der Waals surface area contributed by atoms with Crippen molar-refractivity contribution < 1.29 is 33.3 Å². The number of imidazole rings is 1. The fourth-order valence-corrected chi connectivity index (χ4v) is 11.6. The van der Waals surface area contributed by atoms with Crippen molar-refractivity contribution in [3.8, 4) is 45.5 Å². The van der Waals surface area contributed by atoms with Gasteiger partial charge in [-0.1, -0.05) is 43.2 Å². The van der Waals surface area contributed by atoms with Crippen LogP contribution in [0.25, 0.3) is 72.4 Å². The third-order valence-electron chi connectivity index (χ3n) is 11.8. The first-order valence-corrected chi connectivity index (χ1v) is 32.6. The van der Waals surface area contributed by atoms with Gasteiger partial charge in [-0.3, -0.25) is 4.39 Å². The molecule has 10 heteroatoms. The summed E-state index contributed by atoms with van der Waals surface area (Å²) in [7, 11) is -1.30. The van der Waals surface area contributed by atoms with Gasteiger partial charge in [-0.25, -0.2) is 4.39 Å². The van der Waals surface area contributed by atoms with Crippen LogP contribution < -0.4 is 9.58 Å². The van der Waals surface area contributed by atoms with Gasteiger partial charge in [0.05, 0.1) is 13.6 Å². The van der Waals surface area contributed by atoms with Crippen LogP contribution in [0, 0.1) is 35.1 Å². The van der Waals surface area contributed by atoms with Crippen LogP contribution in [0.4, 0.5) is 8.78 Å². The molecule has 0 aliphatic heterocycles. The SMILES string of the molecule is CC(C)c1cc(-c2cc[c]([Ge]([CH3])([CH3])[CH3])cc2)cc(C(C)C)c1-n1c(-c2[c-]ccc3c2oc2cc(C#N)c(F)cc23)nc2ccccc21.C[Si](C)(C)c1ccc(-c2[c-]cc(F)cc2)nc1.[Ir]. The Balaban J connectivity index is 0.000000295. The zero-order chi connectivity index (χ0) is 45.7. The molecule has 0 saturated carbocycles. The first-order valence-electron chi connectivity index (χ1n) is 21.8. The van der Waals surface area contributed by atoms with Gasteiger partial charge in [0.2, 0.25) is 0 Å². The molecule has 0 amide bonds. The number of nitrogens with zero attached hydrogens (tertiary/aromatic N) is 4. The molecule has 1 radical (unpaired) electrons. The molecule has 9 rings (SSSR count). The molecular weight excluding hydrogens is 1060 g/mol. The topological polar surface area (TPSA) is 67.6 Å². The second-order valence-electron chi connectivity index (χ2n) is 19.1. The quantitative estimate of drug-likeness (QED) is 0.112. The maximum Gasteiger partial charge on any atom is 0.0795 e. The molecule has 3 heterocycles. The molecule has 0 unspecified atom stereocenters. The van der Waals surface area contributed by atoms with E-state index in [1.54, 1.807) is 6.07 Å². The summed E-state index contributed by atoms with van der Waals surface area (Å²) in [5.41, 5.74) is 11.2. The molecule has 0 N–H and O–H groups in total. The summed E-state index contributed by atoms with van der Waals surface area (Å²) in [5, 5.41) is 12.1. The second-order valence-corrected chi connectivity index (χ2v) is 34.9. The molecule has 9 aromatic rings. The monoisotopic (exact) mass is 1120 g/mol. The van der Waals surface area contributed by atoms with Gasteiger partial charge >= 0.3 is 201 Å². The molecule has 0 spiro atoms. The maximum atomic E-state index is 14.8. The Bertz CT molecular complexity index is 3180. The van der Waals surface area contributed by atoms with Crippen molar-refractivity contribution in [2.24, 2.45) is 0 Å². The van der Waals surface area contributed by atoms with E-state index in [4.69, 9.17) is 9.40 Å². The van der Waals surface area contributed by atoms with Crippen molar-refractivity contribution in [2.45, 2.75) is 76.4 Å². The number of benzene rings is 6. The summed E-state index contributed by atoms with van der Waals surface area (Å²) in [5.74, 6) is 7.59. The summed E-state index contributed by atoms with van der Waals surface area (Å²) in [6, 6.07) is 45.5. The molecule has 0 aliphatic carbocycles. The molecule has 0 atom stereocenters. The number of rotatable bonds is 8. The van der Waals surface area contributed by atoms with Gasteiger partial charge in [-0.05, 0) is 16.9 Å². The number of furan rings is 1. The van der Waals surface area contributed by atoms with Gasteiger partial charge < -0.3 is 9.40 Å².